The molecular weight excluding hydrogens is 387 g/mol. The Labute approximate surface area is 184 Å². The van der Waals surface area contributed by atoms with Crippen LogP contribution in [0.4, 0.5) is 4.39 Å². The van der Waals surface area contributed by atoms with E-state index in [0.717, 1.165) is 19.4 Å². The molecule has 0 saturated heterocycles. The highest BCUT2D eigenvalue weighted by Gasteiger charge is 2.32. The molecule has 1 unspecified atom stereocenters. The average molecular weight is 435 g/mol. The van der Waals surface area contributed by atoms with E-state index in [9.17, 15) is 9.18 Å². The van der Waals surface area contributed by atoms with Gasteiger partial charge in [0.05, 0.1) is 45.2 Å². The van der Waals surface area contributed by atoms with Crippen molar-refractivity contribution in [1.29, 1.82) is 0 Å². The molecule has 0 aromatic heterocycles. The minimum absolute atomic E-state index is 0.0691. The van der Waals surface area contributed by atoms with E-state index in [4.69, 9.17) is 18.9 Å². The van der Waals surface area contributed by atoms with Gasteiger partial charge in [0.2, 0.25) is 0 Å². The van der Waals surface area contributed by atoms with Gasteiger partial charge in [-0.15, -0.1) is 0 Å². The van der Waals surface area contributed by atoms with E-state index in [-0.39, 0.29) is 18.6 Å². The first kappa shape index (κ1) is 29.4. The second-order valence-electron chi connectivity index (χ2n) is 10.6. The third-order valence-corrected chi connectivity index (χ3v) is 4.88. The number of carbonyl (C=O) groups is 1. The number of hydrogen-bond acceptors (Lipinski definition) is 5. The topological polar surface area (TPSA) is 54.0 Å². The molecule has 5 nitrogen and oxygen atoms in total. The van der Waals surface area contributed by atoms with Crippen molar-refractivity contribution in [2.45, 2.75) is 92.8 Å². The normalized spacial score (nSPS) is 14.2. The molecule has 0 bridgehead atoms. The minimum atomic E-state index is -1.20. The second-order valence-corrected chi connectivity index (χ2v) is 10.6. The summed E-state index contributed by atoms with van der Waals surface area (Å²) in [7, 11) is 0. The van der Waals surface area contributed by atoms with Crippen LogP contribution in [-0.2, 0) is 23.7 Å². The molecule has 0 rings (SSSR count). The quantitative estimate of drug-likeness (QED) is 0.287. The summed E-state index contributed by atoms with van der Waals surface area (Å²) in [5.74, 6) is 0.0691. The van der Waals surface area contributed by atoms with Gasteiger partial charge in [0.1, 0.15) is 12.0 Å². The Balaban J connectivity index is 3.63. The summed E-state index contributed by atoms with van der Waals surface area (Å²) in [5, 5.41) is 0. The summed E-state index contributed by atoms with van der Waals surface area (Å²) in [5.41, 5.74) is -1.02. The number of ketones is 1. The first-order chi connectivity index (χ1) is 13.8. The SMILES string of the molecule is CC(C)(C)CCCOCCOCCOCCOC(C)(C)C(F)CCC(=O)C(C)(C)C. The van der Waals surface area contributed by atoms with Crippen molar-refractivity contribution in [3.8, 4) is 0 Å². The maximum Gasteiger partial charge on any atom is 0.138 e. The van der Waals surface area contributed by atoms with Gasteiger partial charge in [-0.2, -0.15) is 0 Å². The van der Waals surface area contributed by atoms with Crippen molar-refractivity contribution in [1.82, 2.24) is 0 Å². The van der Waals surface area contributed by atoms with Crippen LogP contribution in [0, 0.1) is 10.8 Å². The van der Waals surface area contributed by atoms with E-state index in [1.807, 2.05) is 20.8 Å². The molecule has 0 aliphatic carbocycles. The first-order valence-corrected chi connectivity index (χ1v) is 11.3. The van der Waals surface area contributed by atoms with Crippen LogP contribution in [-0.4, -0.2) is 63.8 Å². The zero-order valence-electron chi connectivity index (χ0n) is 20.8. The molecule has 0 radical (unpaired) electrons. The van der Waals surface area contributed by atoms with Gasteiger partial charge in [-0.05, 0) is 38.5 Å². The molecular formula is C24H47FO5. The largest absolute Gasteiger partial charge is 0.379 e. The van der Waals surface area contributed by atoms with Gasteiger partial charge in [0.15, 0.2) is 0 Å². The molecule has 0 aromatic rings. The summed E-state index contributed by atoms with van der Waals surface area (Å²) >= 11 is 0. The van der Waals surface area contributed by atoms with Crippen LogP contribution in [0.1, 0.15) is 81.1 Å². The second kappa shape index (κ2) is 14.5. The van der Waals surface area contributed by atoms with Crippen LogP contribution in [0.15, 0.2) is 0 Å². The lowest BCUT2D eigenvalue weighted by Gasteiger charge is -2.29. The maximum atomic E-state index is 14.5. The summed E-state index contributed by atoms with van der Waals surface area (Å²) in [6.45, 7) is 19.2. The van der Waals surface area contributed by atoms with E-state index in [0.29, 0.717) is 45.1 Å². The van der Waals surface area contributed by atoms with Gasteiger partial charge >= 0.3 is 0 Å². The van der Waals surface area contributed by atoms with Crippen molar-refractivity contribution in [3.05, 3.63) is 0 Å². The molecule has 0 heterocycles. The summed E-state index contributed by atoms with van der Waals surface area (Å²) in [6.07, 6.45) is 1.42. The fourth-order valence-corrected chi connectivity index (χ4v) is 2.68. The number of rotatable bonds is 17. The molecule has 0 saturated carbocycles. The number of carbonyl (C=O) groups excluding carboxylic acids is 1. The molecule has 1 atom stereocenters. The van der Waals surface area contributed by atoms with E-state index in [2.05, 4.69) is 20.8 Å². The van der Waals surface area contributed by atoms with Gasteiger partial charge in [0, 0.05) is 18.4 Å². The molecule has 0 aliphatic rings. The third-order valence-electron chi connectivity index (χ3n) is 4.88. The highest BCUT2D eigenvalue weighted by Crippen LogP contribution is 2.25. The fourth-order valence-electron chi connectivity index (χ4n) is 2.68. The van der Waals surface area contributed by atoms with Crippen molar-refractivity contribution in [3.63, 3.8) is 0 Å². The molecule has 0 amide bonds. The Hall–Kier alpha value is -0.560. The maximum absolute atomic E-state index is 14.5. The molecule has 30 heavy (non-hydrogen) atoms. The molecule has 0 spiro atoms. The van der Waals surface area contributed by atoms with Crippen LogP contribution >= 0.6 is 0 Å². The van der Waals surface area contributed by atoms with Crippen LogP contribution < -0.4 is 0 Å². The molecule has 0 aliphatic heterocycles. The third kappa shape index (κ3) is 16.2. The van der Waals surface area contributed by atoms with Gasteiger partial charge in [0.25, 0.3) is 0 Å². The lowest BCUT2D eigenvalue weighted by Crippen LogP contribution is -2.38. The van der Waals surface area contributed by atoms with E-state index in [1.165, 1.54) is 0 Å². The predicted molar refractivity (Wildman–Crippen MR) is 120 cm³/mol. The number of alkyl halides is 1. The van der Waals surface area contributed by atoms with Gasteiger partial charge in [-0.1, -0.05) is 41.5 Å². The van der Waals surface area contributed by atoms with Crippen molar-refractivity contribution in [2.75, 3.05) is 46.2 Å². The molecule has 180 valence electrons. The Bertz CT molecular complexity index is 451. The fraction of sp³-hybridized carbons (Fsp3) is 0.958. The summed E-state index contributed by atoms with van der Waals surface area (Å²) in [4.78, 5) is 12.0. The standard InChI is InChI=1S/C24H47FO5/c1-22(2,3)12-9-13-27-14-15-28-16-17-29-18-19-30-24(7,8)20(25)10-11-21(26)23(4,5)6/h20H,9-19H2,1-8H3. The van der Waals surface area contributed by atoms with Crippen LogP contribution in [0.3, 0.4) is 0 Å². The van der Waals surface area contributed by atoms with Crippen molar-refractivity contribution < 1.29 is 28.1 Å². The van der Waals surface area contributed by atoms with Crippen molar-refractivity contribution in [2.24, 2.45) is 10.8 Å². The van der Waals surface area contributed by atoms with Crippen LogP contribution in [0.25, 0.3) is 0 Å². The zero-order chi connectivity index (χ0) is 23.3. The molecule has 0 fully saturated rings. The van der Waals surface area contributed by atoms with Crippen LogP contribution in [0.2, 0.25) is 0 Å². The first-order valence-electron chi connectivity index (χ1n) is 11.3. The summed E-state index contributed by atoms with van der Waals surface area (Å²) in [6, 6.07) is 0. The average Bonchev–Trinajstić information content (AvgIpc) is 2.61. The summed E-state index contributed by atoms with van der Waals surface area (Å²) < 4.78 is 36.6. The molecule has 0 N–H and O–H groups in total. The minimum Gasteiger partial charge on any atom is -0.379 e. The Kier molecular flexibility index (Phi) is 14.2. The number of ether oxygens (including phenoxy) is 4. The Morgan fingerprint density at radius 2 is 1.23 bits per heavy atom. The molecule has 0 aromatic carbocycles. The molecule has 6 heteroatoms. The van der Waals surface area contributed by atoms with Gasteiger partial charge in [-0.3, -0.25) is 4.79 Å². The zero-order valence-corrected chi connectivity index (χ0v) is 20.8. The predicted octanol–water partition coefficient (Wildman–Crippen LogP) is 5.39. The number of halogens is 1. The van der Waals surface area contributed by atoms with E-state index < -0.39 is 17.2 Å². The smallest absolute Gasteiger partial charge is 0.138 e. The lowest BCUT2D eigenvalue weighted by atomic mass is 9.86. The highest BCUT2D eigenvalue weighted by atomic mass is 19.1. The Morgan fingerprint density at radius 3 is 1.70 bits per heavy atom. The lowest BCUT2D eigenvalue weighted by molar-refractivity contribution is -0.128. The van der Waals surface area contributed by atoms with Gasteiger partial charge < -0.3 is 18.9 Å². The van der Waals surface area contributed by atoms with E-state index in [1.54, 1.807) is 13.8 Å². The Morgan fingerprint density at radius 1 is 0.767 bits per heavy atom. The number of hydrogen-bond donors (Lipinski definition) is 0. The van der Waals surface area contributed by atoms with Gasteiger partial charge in [-0.25, -0.2) is 4.39 Å². The van der Waals surface area contributed by atoms with Crippen molar-refractivity contribution >= 4 is 5.78 Å². The van der Waals surface area contributed by atoms with Crippen LogP contribution in [0.5, 0.6) is 0 Å². The van der Waals surface area contributed by atoms with E-state index >= 15 is 0 Å². The highest BCUT2D eigenvalue weighted by molar-refractivity contribution is 5.83. The monoisotopic (exact) mass is 434 g/mol. The number of Topliss-reactive ketones (excluding diaryl/α,β-unsaturated/α-hetero) is 1.